The molecule has 0 bridgehead atoms. The van der Waals surface area contributed by atoms with Gasteiger partial charge in [0.25, 0.3) is 0 Å². The number of hydrogen-bond donors (Lipinski definition) is 1. The van der Waals surface area contributed by atoms with Gasteiger partial charge in [0.1, 0.15) is 0 Å². The first-order chi connectivity index (χ1) is 7.06. The van der Waals surface area contributed by atoms with Crippen LogP contribution in [0.5, 0.6) is 0 Å². The van der Waals surface area contributed by atoms with Gasteiger partial charge >= 0.3 is 0 Å². The molecule has 1 aliphatic rings. The van der Waals surface area contributed by atoms with Crippen molar-refractivity contribution < 1.29 is 8.42 Å². The third-order valence-electron chi connectivity index (χ3n) is 2.59. The van der Waals surface area contributed by atoms with Crippen LogP contribution in [0.1, 0.15) is 24.4 Å². The molecule has 0 spiro atoms. The zero-order valence-corrected chi connectivity index (χ0v) is 9.50. The van der Waals surface area contributed by atoms with Crippen molar-refractivity contribution in [2.75, 3.05) is 6.26 Å². The SMILES string of the molecule is CS(=O)(=O)N[C@H](c1ccccc1)C1CC1. The Bertz CT molecular complexity index is 423. The third-order valence-corrected chi connectivity index (χ3v) is 3.28. The van der Waals surface area contributed by atoms with Gasteiger partial charge in [-0.05, 0) is 24.3 Å². The maximum atomic E-state index is 11.2. The number of benzene rings is 1. The van der Waals surface area contributed by atoms with E-state index in [4.69, 9.17) is 0 Å². The first-order valence-corrected chi connectivity index (χ1v) is 6.97. The highest BCUT2D eigenvalue weighted by atomic mass is 32.2. The van der Waals surface area contributed by atoms with Gasteiger partial charge < -0.3 is 0 Å². The van der Waals surface area contributed by atoms with Gasteiger partial charge in [0, 0.05) is 6.04 Å². The molecule has 1 atom stereocenters. The lowest BCUT2D eigenvalue weighted by Gasteiger charge is -2.16. The molecule has 0 radical (unpaired) electrons. The van der Waals surface area contributed by atoms with Crippen molar-refractivity contribution in [3.63, 3.8) is 0 Å². The Morgan fingerprint density at radius 2 is 1.87 bits per heavy atom. The minimum Gasteiger partial charge on any atom is -0.213 e. The van der Waals surface area contributed by atoms with E-state index >= 15 is 0 Å². The van der Waals surface area contributed by atoms with Crippen LogP contribution in [0, 0.1) is 5.92 Å². The summed E-state index contributed by atoms with van der Waals surface area (Å²) in [5, 5.41) is 0. The number of sulfonamides is 1. The van der Waals surface area contributed by atoms with E-state index in [0.29, 0.717) is 5.92 Å². The maximum Gasteiger partial charge on any atom is 0.209 e. The Labute approximate surface area is 90.6 Å². The van der Waals surface area contributed by atoms with E-state index < -0.39 is 10.0 Å². The van der Waals surface area contributed by atoms with E-state index in [2.05, 4.69) is 4.72 Å². The number of rotatable bonds is 4. The molecule has 0 amide bonds. The van der Waals surface area contributed by atoms with E-state index in [9.17, 15) is 8.42 Å². The fourth-order valence-corrected chi connectivity index (χ4v) is 2.55. The van der Waals surface area contributed by atoms with Crippen LogP contribution in [-0.2, 0) is 10.0 Å². The minimum absolute atomic E-state index is 0.0406. The first kappa shape index (κ1) is 10.6. The van der Waals surface area contributed by atoms with Crippen molar-refractivity contribution in [2.45, 2.75) is 18.9 Å². The average molecular weight is 225 g/mol. The van der Waals surface area contributed by atoms with Crippen molar-refractivity contribution in [3.8, 4) is 0 Å². The van der Waals surface area contributed by atoms with Crippen molar-refractivity contribution in [2.24, 2.45) is 5.92 Å². The quantitative estimate of drug-likeness (QED) is 0.847. The Balaban J connectivity index is 2.21. The molecule has 2 rings (SSSR count). The normalized spacial score (nSPS) is 18.7. The van der Waals surface area contributed by atoms with E-state index in [1.807, 2.05) is 30.3 Å². The Kier molecular flexibility index (Phi) is 2.80. The minimum atomic E-state index is -3.13. The largest absolute Gasteiger partial charge is 0.213 e. The predicted molar refractivity (Wildman–Crippen MR) is 59.9 cm³/mol. The van der Waals surface area contributed by atoms with Crippen molar-refractivity contribution in [1.82, 2.24) is 4.72 Å². The lowest BCUT2D eigenvalue weighted by Crippen LogP contribution is -2.28. The molecule has 1 N–H and O–H groups in total. The summed E-state index contributed by atoms with van der Waals surface area (Å²) in [6.07, 6.45) is 3.44. The molecular weight excluding hydrogens is 210 g/mol. The predicted octanol–water partition coefficient (Wildman–Crippen LogP) is 1.69. The van der Waals surface area contributed by atoms with Crippen LogP contribution in [0.15, 0.2) is 30.3 Å². The Morgan fingerprint density at radius 3 is 2.33 bits per heavy atom. The fraction of sp³-hybridized carbons (Fsp3) is 0.455. The molecule has 0 saturated heterocycles. The zero-order valence-electron chi connectivity index (χ0n) is 8.68. The smallest absolute Gasteiger partial charge is 0.209 e. The van der Waals surface area contributed by atoms with Gasteiger partial charge in [0.05, 0.1) is 6.26 Å². The molecule has 0 heterocycles. The van der Waals surface area contributed by atoms with Gasteiger partial charge in [-0.1, -0.05) is 30.3 Å². The van der Waals surface area contributed by atoms with Gasteiger partial charge in [-0.15, -0.1) is 0 Å². The maximum absolute atomic E-state index is 11.2. The molecular formula is C11H15NO2S. The van der Waals surface area contributed by atoms with Crippen LogP contribution in [0.2, 0.25) is 0 Å². The molecule has 1 aromatic carbocycles. The summed E-state index contributed by atoms with van der Waals surface area (Å²) in [4.78, 5) is 0. The summed E-state index contributed by atoms with van der Waals surface area (Å²) in [7, 11) is -3.13. The monoisotopic (exact) mass is 225 g/mol. The lowest BCUT2D eigenvalue weighted by molar-refractivity contribution is 0.533. The molecule has 0 aromatic heterocycles. The second-order valence-electron chi connectivity index (χ2n) is 4.12. The third kappa shape index (κ3) is 3.04. The van der Waals surface area contributed by atoms with Gasteiger partial charge in [0.15, 0.2) is 0 Å². The lowest BCUT2D eigenvalue weighted by atomic mass is 10.0. The molecule has 0 unspecified atom stereocenters. The van der Waals surface area contributed by atoms with Gasteiger partial charge in [-0.3, -0.25) is 0 Å². The van der Waals surface area contributed by atoms with Gasteiger partial charge in [-0.25, -0.2) is 13.1 Å². The van der Waals surface area contributed by atoms with Crippen LogP contribution in [0.3, 0.4) is 0 Å². The number of nitrogens with one attached hydrogen (secondary N) is 1. The molecule has 0 aliphatic heterocycles. The summed E-state index contributed by atoms with van der Waals surface area (Å²) in [6, 6.07) is 9.72. The van der Waals surface area contributed by atoms with Crippen LogP contribution >= 0.6 is 0 Å². The second kappa shape index (κ2) is 3.94. The molecule has 82 valence electrons. The molecule has 1 fully saturated rings. The Morgan fingerprint density at radius 1 is 1.27 bits per heavy atom. The van der Waals surface area contributed by atoms with Crippen LogP contribution in [0.25, 0.3) is 0 Å². The fourth-order valence-electron chi connectivity index (χ4n) is 1.76. The summed E-state index contributed by atoms with van der Waals surface area (Å²) in [5.41, 5.74) is 1.06. The van der Waals surface area contributed by atoms with Crippen LogP contribution in [-0.4, -0.2) is 14.7 Å². The molecule has 1 saturated carbocycles. The molecule has 3 nitrogen and oxygen atoms in total. The van der Waals surface area contributed by atoms with Crippen LogP contribution < -0.4 is 4.72 Å². The highest BCUT2D eigenvalue weighted by molar-refractivity contribution is 7.88. The van der Waals surface area contributed by atoms with E-state index in [-0.39, 0.29) is 6.04 Å². The van der Waals surface area contributed by atoms with Gasteiger partial charge in [0.2, 0.25) is 10.0 Å². The van der Waals surface area contributed by atoms with Crippen LogP contribution in [0.4, 0.5) is 0 Å². The average Bonchev–Trinajstić information content (AvgIpc) is 2.97. The summed E-state index contributed by atoms with van der Waals surface area (Å²) < 4.78 is 25.2. The van der Waals surface area contributed by atoms with Crippen molar-refractivity contribution in [3.05, 3.63) is 35.9 Å². The highest BCUT2D eigenvalue weighted by Gasteiger charge is 2.33. The van der Waals surface area contributed by atoms with Crippen molar-refractivity contribution in [1.29, 1.82) is 0 Å². The topological polar surface area (TPSA) is 46.2 Å². The van der Waals surface area contributed by atoms with Crippen molar-refractivity contribution >= 4 is 10.0 Å². The Hall–Kier alpha value is -0.870. The molecule has 15 heavy (non-hydrogen) atoms. The van der Waals surface area contributed by atoms with Gasteiger partial charge in [-0.2, -0.15) is 0 Å². The molecule has 1 aliphatic carbocycles. The summed E-state index contributed by atoms with van der Waals surface area (Å²) in [5.74, 6) is 0.474. The molecule has 4 heteroatoms. The van der Waals surface area contributed by atoms with E-state index in [1.165, 1.54) is 6.26 Å². The summed E-state index contributed by atoms with van der Waals surface area (Å²) >= 11 is 0. The first-order valence-electron chi connectivity index (χ1n) is 5.08. The van der Waals surface area contributed by atoms with E-state index in [0.717, 1.165) is 18.4 Å². The molecule has 1 aromatic rings. The highest BCUT2D eigenvalue weighted by Crippen LogP contribution is 2.41. The number of hydrogen-bond acceptors (Lipinski definition) is 2. The zero-order chi connectivity index (χ0) is 10.9. The van der Waals surface area contributed by atoms with E-state index in [1.54, 1.807) is 0 Å². The second-order valence-corrected chi connectivity index (χ2v) is 5.90. The summed E-state index contributed by atoms with van der Waals surface area (Å²) in [6.45, 7) is 0. The standard InChI is InChI=1S/C11H15NO2S/c1-15(13,14)12-11(10-7-8-10)9-5-3-2-4-6-9/h2-6,10-12H,7-8H2,1H3/t11-/m1/s1.